The van der Waals surface area contributed by atoms with E-state index in [2.05, 4.69) is 13.8 Å². The Morgan fingerprint density at radius 3 is 1.10 bits per heavy atom. The van der Waals surface area contributed by atoms with Crippen LogP contribution in [0.5, 0.6) is 17.2 Å². The van der Waals surface area contributed by atoms with Gasteiger partial charge in [0.05, 0.1) is 0 Å². The summed E-state index contributed by atoms with van der Waals surface area (Å²) in [5.74, 6) is 1.04. The molecular weight excluding hydrogens is 376 g/mol. The quantitative estimate of drug-likeness (QED) is 0.438. The van der Waals surface area contributed by atoms with Crippen molar-refractivity contribution in [2.24, 2.45) is 0 Å². The van der Waals surface area contributed by atoms with E-state index in [0.29, 0.717) is 5.75 Å². The minimum Gasteiger partial charge on any atom is -0.508 e. The van der Waals surface area contributed by atoms with E-state index < -0.39 is 0 Å². The van der Waals surface area contributed by atoms with Crippen molar-refractivity contribution in [1.82, 2.24) is 0 Å². The fourth-order valence-corrected chi connectivity index (χ4v) is 2.35. The van der Waals surface area contributed by atoms with Crippen molar-refractivity contribution in [3.63, 3.8) is 0 Å². The first-order valence-electron chi connectivity index (χ1n) is 8.93. The molecule has 0 fully saturated rings. The van der Waals surface area contributed by atoms with Crippen molar-refractivity contribution in [2.75, 3.05) is 0 Å². The smallest absolute Gasteiger partial charge is 0.126 e. The summed E-state index contributed by atoms with van der Waals surface area (Å²) >= 11 is 0. The largest absolute Gasteiger partial charge is 0.508 e. The van der Waals surface area contributed by atoms with Gasteiger partial charge in [0.1, 0.15) is 23.0 Å². The van der Waals surface area contributed by atoms with Gasteiger partial charge < -0.3 is 20.1 Å². The van der Waals surface area contributed by atoms with Gasteiger partial charge in [0, 0.05) is 5.41 Å². The van der Waals surface area contributed by atoms with Gasteiger partial charge in [0.25, 0.3) is 0 Å². The molecule has 0 heterocycles. The van der Waals surface area contributed by atoms with Gasteiger partial charge in [-0.3, -0.25) is 0 Å². The Kier molecular flexibility index (Phi) is 13.3. The molecule has 0 unspecified atom stereocenters. The Balaban J connectivity index is 0. The summed E-state index contributed by atoms with van der Waals surface area (Å²) in [5, 5.41) is 27.2. The van der Waals surface area contributed by atoms with E-state index in [0.717, 1.165) is 11.1 Å². The van der Waals surface area contributed by atoms with Crippen molar-refractivity contribution in [3.05, 3.63) is 90.0 Å². The number of hydrogen-bond donors (Lipinski definition) is 3. The van der Waals surface area contributed by atoms with Crippen LogP contribution in [-0.2, 0) is 10.2 Å². The Bertz CT molecular complexity index is 785. The Hall–Kier alpha value is -3.27. The van der Waals surface area contributed by atoms with Crippen molar-refractivity contribution in [1.29, 1.82) is 0 Å². The molecule has 0 radical (unpaired) electrons. The number of rotatable bonds is 2. The van der Waals surface area contributed by atoms with Crippen LogP contribution in [0.15, 0.2) is 78.9 Å². The van der Waals surface area contributed by atoms with Gasteiger partial charge in [-0.1, -0.05) is 71.2 Å². The minimum absolute atomic E-state index is 0. The highest BCUT2D eigenvalue weighted by molar-refractivity contribution is 5.72. The summed E-state index contributed by atoms with van der Waals surface area (Å²) in [5.41, 5.74) is 2.10. The normalized spacial score (nSPS) is 9.33. The number of para-hydroxylation sites is 1. The molecule has 3 aromatic carbocycles. The Labute approximate surface area is 181 Å². The first kappa shape index (κ1) is 28.9. The van der Waals surface area contributed by atoms with Crippen molar-refractivity contribution >= 4 is 5.78 Å². The van der Waals surface area contributed by atoms with E-state index in [4.69, 9.17) is 5.11 Å². The van der Waals surface area contributed by atoms with E-state index in [1.165, 1.54) is 13.8 Å². The predicted molar refractivity (Wildman–Crippen MR) is 126 cm³/mol. The first-order chi connectivity index (χ1) is 13.1. The highest BCUT2D eigenvalue weighted by Crippen LogP contribution is 2.32. The van der Waals surface area contributed by atoms with Gasteiger partial charge >= 0.3 is 0 Å². The number of phenolic OH excluding ortho intramolecular Hbond substituents is 3. The lowest BCUT2D eigenvalue weighted by Crippen LogP contribution is -2.18. The van der Waals surface area contributed by atoms with Crippen LogP contribution in [0.2, 0.25) is 0 Å². The molecule has 30 heavy (non-hydrogen) atoms. The summed E-state index contributed by atoms with van der Waals surface area (Å²) in [4.78, 5) is 9.44. The van der Waals surface area contributed by atoms with Gasteiger partial charge in [-0.05, 0) is 61.4 Å². The molecule has 0 saturated heterocycles. The van der Waals surface area contributed by atoms with Crippen LogP contribution >= 0.6 is 0 Å². The maximum Gasteiger partial charge on any atom is 0.126 e. The van der Waals surface area contributed by atoms with E-state index in [1.807, 2.05) is 30.3 Å². The van der Waals surface area contributed by atoms with Crippen LogP contribution in [0, 0.1) is 0 Å². The lowest BCUT2D eigenvalue weighted by atomic mass is 9.78. The van der Waals surface area contributed by atoms with E-state index in [1.54, 1.807) is 48.5 Å². The van der Waals surface area contributed by atoms with Crippen LogP contribution in [0.1, 0.15) is 53.7 Å². The second-order valence-corrected chi connectivity index (χ2v) is 6.96. The SMILES string of the molecule is C.C.CC(C)(c1ccc(O)cc1)c1ccc(O)cc1.CC(C)=O.Oc1ccccc1. The van der Waals surface area contributed by atoms with Crippen LogP contribution in [-0.4, -0.2) is 21.1 Å². The Morgan fingerprint density at radius 2 is 0.867 bits per heavy atom. The topological polar surface area (TPSA) is 77.8 Å². The monoisotopic (exact) mass is 412 g/mol. The van der Waals surface area contributed by atoms with Gasteiger partial charge in [-0.2, -0.15) is 0 Å². The maximum atomic E-state index is 9.44. The third-order valence-electron chi connectivity index (χ3n) is 3.93. The van der Waals surface area contributed by atoms with E-state index >= 15 is 0 Å². The number of carbonyl (C=O) groups excluding carboxylic acids is 1. The first-order valence-corrected chi connectivity index (χ1v) is 8.93. The molecule has 3 aromatic rings. The lowest BCUT2D eigenvalue weighted by Gasteiger charge is -2.26. The lowest BCUT2D eigenvalue weighted by molar-refractivity contribution is -0.114. The molecule has 3 rings (SSSR count). The van der Waals surface area contributed by atoms with E-state index in [-0.39, 0.29) is 37.6 Å². The van der Waals surface area contributed by atoms with Gasteiger partial charge in [0.15, 0.2) is 0 Å². The fraction of sp³-hybridized carbons (Fsp3) is 0.269. The zero-order valence-corrected chi connectivity index (χ0v) is 16.8. The average molecular weight is 413 g/mol. The molecule has 0 aromatic heterocycles. The van der Waals surface area contributed by atoms with Crippen molar-refractivity contribution in [2.45, 2.75) is 48.0 Å². The number of ketones is 1. The molecule has 0 aliphatic heterocycles. The molecule has 0 bridgehead atoms. The third kappa shape index (κ3) is 10.3. The molecule has 4 nitrogen and oxygen atoms in total. The number of Topliss-reactive ketones (excluding diaryl/α,β-unsaturated/α-hetero) is 1. The number of phenols is 3. The van der Waals surface area contributed by atoms with Gasteiger partial charge in [-0.15, -0.1) is 0 Å². The molecule has 0 aliphatic carbocycles. The fourth-order valence-electron chi connectivity index (χ4n) is 2.35. The van der Waals surface area contributed by atoms with Crippen molar-refractivity contribution in [3.8, 4) is 17.2 Å². The van der Waals surface area contributed by atoms with Crippen LogP contribution in [0.4, 0.5) is 0 Å². The molecule has 3 N–H and O–H groups in total. The second-order valence-electron chi connectivity index (χ2n) is 6.96. The summed E-state index contributed by atoms with van der Waals surface area (Å²) in [6.45, 7) is 7.29. The summed E-state index contributed by atoms with van der Waals surface area (Å²) in [6.07, 6.45) is 0. The molecule has 0 spiro atoms. The molecule has 164 valence electrons. The molecule has 0 saturated carbocycles. The minimum atomic E-state index is -0.151. The van der Waals surface area contributed by atoms with Gasteiger partial charge in [-0.25, -0.2) is 0 Å². The zero-order valence-electron chi connectivity index (χ0n) is 16.8. The summed E-state index contributed by atoms with van der Waals surface area (Å²) in [6, 6.07) is 23.2. The Morgan fingerprint density at radius 1 is 0.600 bits per heavy atom. The van der Waals surface area contributed by atoms with Crippen LogP contribution < -0.4 is 0 Å². The van der Waals surface area contributed by atoms with Crippen LogP contribution in [0.25, 0.3) is 0 Å². The molecule has 0 aliphatic rings. The number of hydrogen-bond acceptors (Lipinski definition) is 4. The molecular formula is C26H36O4. The molecule has 0 amide bonds. The number of aromatic hydroxyl groups is 3. The number of benzene rings is 3. The second kappa shape index (κ2) is 13.8. The van der Waals surface area contributed by atoms with Crippen molar-refractivity contribution < 1.29 is 20.1 Å². The third-order valence-corrected chi connectivity index (χ3v) is 3.93. The standard InChI is InChI=1S/C15H16O2.C6H6O.C3H6O.2CH4/c1-15(2,11-3-7-13(16)8-4-11)12-5-9-14(17)10-6-12;7-6-4-2-1-3-5-6;1-3(2)4;;/h3-10,16-17H,1-2H3;1-5,7H;1-2H3;2*1H4. The van der Waals surface area contributed by atoms with E-state index in [9.17, 15) is 15.0 Å². The highest BCUT2D eigenvalue weighted by atomic mass is 16.3. The zero-order chi connectivity index (χ0) is 21.2. The summed E-state index contributed by atoms with van der Waals surface area (Å²) < 4.78 is 0. The number of carbonyl (C=O) groups is 1. The summed E-state index contributed by atoms with van der Waals surface area (Å²) in [7, 11) is 0. The predicted octanol–water partition coefficient (Wildman–Crippen LogP) is 6.68. The highest BCUT2D eigenvalue weighted by Gasteiger charge is 2.22. The average Bonchev–Trinajstić information content (AvgIpc) is 2.63. The maximum absolute atomic E-state index is 9.44. The van der Waals surface area contributed by atoms with Crippen LogP contribution in [0.3, 0.4) is 0 Å². The van der Waals surface area contributed by atoms with Gasteiger partial charge in [0.2, 0.25) is 0 Å². The molecule has 4 heteroatoms. The molecule has 0 atom stereocenters.